The molecule has 0 radical (unpaired) electrons. The van der Waals surface area contributed by atoms with Gasteiger partial charge in [-0.3, -0.25) is 4.90 Å². The first-order valence-corrected chi connectivity index (χ1v) is 12.2. The maximum Gasteiger partial charge on any atom is 0.414 e. The summed E-state index contributed by atoms with van der Waals surface area (Å²) in [4.78, 5) is 16.9. The predicted octanol–water partition coefficient (Wildman–Crippen LogP) is 4.34. The summed E-state index contributed by atoms with van der Waals surface area (Å²) >= 11 is 5.46. The van der Waals surface area contributed by atoms with Crippen molar-refractivity contribution < 1.29 is 17.9 Å². The molecule has 0 aliphatic heterocycles. The van der Waals surface area contributed by atoms with E-state index in [1.54, 1.807) is 11.8 Å². The molecule has 1 amide bonds. The maximum absolute atomic E-state index is 12.9. The molecule has 0 saturated heterocycles. The van der Waals surface area contributed by atoms with Crippen molar-refractivity contribution in [2.45, 2.75) is 59.1 Å². The van der Waals surface area contributed by atoms with E-state index < -0.39 is 27.2 Å². The van der Waals surface area contributed by atoms with E-state index in [4.69, 9.17) is 16.3 Å². The number of anilines is 2. The Morgan fingerprint density at radius 3 is 2.39 bits per heavy atom. The summed E-state index contributed by atoms with van der Waals surface area (Å²) in [5.41, 5.74) is 2.93. The van der Waals surface area contributed by atoms with Gasteiger partial charge in [-0.15, -0.1) is 11.6 Å². The fourth-order valence-electron chi connectivity index (χ4n) is 3.45. The summed E-state index contributed by atoms with van der Waals surface area (Å²) in [5, 5.41) is -0.479. The van der Waals surface area contributed by atoms with Crippen molar-refractivity contribution in [3.8, 4) is 0 Å². The molecule has 1 saturated carbocycles. The summed E-state index contributed by atoms with van der Waals surface area (Å²) in [6, 6.07) is 6.16. The van der Waals surface area contributed by atoms with Gasteiger partial charge in [-0.1, -0.05) is 0 Å². The van der Waals surface area contributed by atoms with Crippen molar-refractivity contribution in [3.63, 3.8) is 0 Å². The van der Waals surface area contributed by atoms with Gasteiger partial charge in [-0.25, -0.2) is 13.2 Å². The second kappa shape index (κ2) is 9.83. The first-order valence-electron chi connectivity index (χ1n) is 9.84. The smallest absolute Gasteiger partial charge is 0.414 e. The minimum absolute atomic E-state index is 0.0855. The number of sulfone groups is 1. The van der Waals surface area contributed by atoms with Gasteiger partial charge < -0.3 is 9.64 Å². The molecule has 0 heterocycles. The van der Waals surface area contributed by atoms with Crippen molar-refractivity contribution in [3.05, 3.63) is 23.8 Å². The maximum atomic E-state index is 12.9. The SMILES string of the molecule is CCN(CC)c1ccc(N(C(=O)OC(C)CS(=O)(=O)CCl)C2CCC2)c(C)c1. The van der Waals surface area contributed by atoms with Crippen molar-refractivity contribution >= 4 is 38.9 Å². The van der Waals surface area contributed by atoms with Gasteiger partial charge in [-0.05, 0) is 70.7 Å². The highest BCUT2D eigenvalue weighted by Gasteiger charge is 2.33. The summed E-state index contributed by atoms with van der Waals surface area (Å²) in [5.74, 6) is -0.277. The molecule has 1 aromatic carbocycles. The number of benzene rings is 1. The highest BCUT2D eigenvalue weighted by atomic mass is 35.5. The van der Waals surface area contributed by atoms with Crippen LogP contribution in [0.1, 0.15) is 45.6 Å². The van der Waals surface area contributed by atoms with Gasteiger partial charge in [0.1, 0.15) is 11.3 Å². The van der Waals surface area contributed by atoms with Crippen LogP contribution < -0.4 is 9.80 Å². The predicted molar refractivity (Wildman–Crippen MR) is 115 cm³/mol. The first kappa shape index (κ1) is 22.8. The molecule has 1 aliphatic carbocycles. The van der Waals surface area contributed by atoms with Gasteiger partial charge in [0, 0.05) is 24.8 Å². The van der Waals surface area contributed by atoms with Crippen LogP contribution in [-0.2, 0) is 14.6 Å². The van der Waals surface area contributed by atoms with Crippen molar-refractivity contribution in [1.29, 1.82) is 0 Å². The Bertz CT molecular complexity index is 776. The van der Waals surface area contributed by atoms with Crippen LogP contribution in [0, 0.1) is 6.92 Å². The summed E-state index contributed by atoms with van der Waals surface area (Å²) in [6.45, 7) is 9.62. The van der Waals surface area contributed by atoms with Gasteiger partial charge in [0.05, 0.1) is 11.4 Å². The van der Waals surface area contributed by atoms with E-state index in [1.807, 2.05) is 19.1 Å². The van der Waals surface area contributed by atoms with Crippen molar-refractivity contribution in [1.82, 2.24) is 0 Å². The number of nitrogens with zero attached hydrogens (tertiary/aromatic N) is 2. The van der Waals surface area contributed by atoms with Crippen LogP contribution in [0.3, 0.4) is 0 Å². The Labute approximate surface area is 173 Å². The number of hydrogen-bond donors (Lipinski definition) is 0. The van der Waals surface area contributed by atoms with Crippen LogP contribution in [0.5, 0.6) is 0 Å². The number of carbonyl (C=O) groups excluding carboxylic acids is 1. The van der Waals surface area contributed by atoms with Crippen molar-refractivity contribution in [2.24, 2.45) is 0 Å². The van der Waals surface area contributed by atoms with Crippen LogP contribution in [0.25, 0.3) is 0 Å². The largest absolute Gasteiger partial charge is 0.445 e. The lowest BCUT2D eigenvalue weighted by Gasteiger charge is -2.38. The molecule has 1 aliphatic rings. The molecular weight excluding hydrogens is 400 g/mol. The Kier molecular flexibility index (Phi) is 8.01. The first-order chi connectivity index (χ1) is 13.2. The monoisotopic (exact) mass is 430 g/mol. The number of ether oxygens (including phenoxy) is 1. The van der Waals surface area contributed by atoms with E-state index in [9.17, 15) is 13.2 Å². The third-order valence-corrected chi connectivity index (χ3v) is 7.47. The van der Waals surface area contributed by atoms with Crippen LogP contribution in [0.4, 0.5) is 16.2 Å². The molecule has 8 heteroatoms. The zero-order valence-electron chi connectivity index (χ0n) is 17.2. The van der Waals surface area contributed by atoms with E-state index in [0.29, 0.717) is 0 Å². The standard InChI is InChI=1S/C20H31ClN2O4S/c1-5-22(6-2)18-10-11-19(15(3)12-18)23(17-8-7-9-17)20(24)27-16(4)13-28(25,26)14-21/h10-12,16-17H,5-9,13-14H2,1-4H3. The fraction of sp³-hybridized carbons (Fsp3) is 0.650. The number of hydrogen-bond acceptors (Lipinski definition) is 5. The Morgan fingerprint density at radius 1 is 1.29 bits per heavy atom. The highest BCUT2D eigenvalue weighted by Crippen LogP contribution is 2.34. The average molecular weight is 431 g/mol. The molecule has 6 nitrogen and oxygen atoms in total. The summed E-state index contributed by atoms with van der Waals surface area (Å²) in [7, 11) is -3.43. The van der Waals surface area contributed by atoms with Crippen LogP contribution in [-0.4, -0.2) is 50.7 Å². The van der Waals surface area contributed by atoms with Gasteiger partial charge in [-0.2, -0.15) is 0 Å². The number of amides is 1. The Balaban J connectivity index is 2.23. The molecule has 158 valence electrons. The molecule has 0 N–H and O–H groups in total. The van der Waals surface area contributed by atoms with E-state index in [0.717, 1.165) is 49.3 Å². The van der Waals surface area contributed by atoms with E-state index in [2.05, 4.69) is 24.8 Å². The fourth-order valence-corrected chi connectivity index (χ4v) is 4.59. The number of aryl methyl sites for hydroxylation is 1. The number of rotatable bonds is 9. The lowest BCUT2D eigenvalue weighted by atomic mass is 9.91. The quantitative estimate of drug-likeness (QED) is 0.545. The minimum atomic E-state index is -3.43. The zero-order chi connectivity index (χ0) is 20.9. The third kappa shape index (κ3) is 5.54. The zero-order valence-corrected chi connectivity index (χ0v) is 18.7. The number of alkyl halides is 1. The molecule has 1 aromatic rings. The topological polar surface area (TPSA) is 66.9 Å². The Hall–Kier alpha value is -1.47. The molecule has 1 fully saturated rings. The highest BCUT2D eigenvalue weighted by molar-refractivity contribution is 7.92. The van der Waals surface area contributed by atoms with Gasteiger partial charge in [0.15, 0.2) is 9.84 Å². The van der Waals surface area contributed by atoms with E-state index in [1.165, 1.54) is 0 Å². The van der Waals surface area contributed by atoms with E-state index >= 15 is 0 Å². The van der Waals surface area contributed by atoms with Crippen LogP contribution >= 0.6 is 11.6 Å². The van der Waals surface area contributed by atoms with E-state index in [-0.39, 0.29) is 11.8 Å². The lowest BCUT2D eigenvalue weighted by molar-refractivity contribution is 0.118. The van der Waals surface area contributed by atoms with Gasteiger partial charge in [0.25, 0.3) is 0 Å². The lowest BCUT2D eigenvalue weighted by Crippen LogP contribution is -2.46. The number of halogens is 1. The summed E-state index contributed by atoms with van der Waals surface area (Å²) < 4.78 is 28.9. The number of carbonyl (C=O) groups is 1. The molecule has 28 heavy (non-hydrogen) atoms. The molecule has 0 aromatic heterocycles. The molecular formula is C20H31ClN2O4S. The molecule has 2 rings (SSSR count). The second-order valence-corrected chi connectivity index (χ2v) is 10.0. The Morgan fingerprint density at radius 2 is 1.93 bits per heavy atom. The van der Waals surface area contributed by atoms with Gasteiger partial charge >= 0.3 is 6.09 Å². The second-order valence-electron chi connectivity index (χ2n) is 7.31. The molecule has 0 spiro atoms. The van der Waals surface area contributed by atoms with Crippen molar-refractivity contribution in [2.75, 3.05) is 33.9 Å². The van der Waals surface area contributed by atoms with Crippen LogP contribution in [0.15, 0.2) is 18.2 Å². The third-order valence-electron chi connectivity index (χ3n) is 5.16. The molecule has 1 atom stereocenters. The van der Waals surface area contributed by atoms with Crippen LogP contribution in [0.2, 0.25) is 0 Å². The molecule has 0 bridgehead atoms. The summed E-state index contributed by atoms with van der Waals surface area (Å²) in [6.07, 6.45) is 1.65. The normalized spacial score (nSPS) is 15.6. The minimum Gasteiger partial charge on any atom is -0.445 e. The average Bonchev–Trinajstić information content (AvgIpc) is 2.59. The van der Waals surface area contributed by atoms with Gasteiger partial charge in [0.2, 0.25) is 0 Å². The molecule has 1 unspecified atom stereocenters.